The van der Waals surface area contributed by atoms with Gasteiger partial charge in [-0.25, -0.2) is 0 Å². The summed E-state index contributed by atoms with van der Waals surface area (Å²) in [7, 11) is 0. The van der Waals surface area contributed by atoms with Crippen LogP contribution in [0.1, 0.15) is 0 Å². The zero-order chi connectivity index (χ0) is 13.5. The molecule has 0 aromatic heterocycles. The predicted molar refractivity (Wildman–Crippen MR) is 25.2 cm³/mol. The van der Waals surface area contributed by atoms with Gasteiger partial charge in [-0.1, -0.05) is 0 Å². The average Bonchev–Trinajstić information content (AvgIpc) is 1.41. The molecule has 0 saturated heterocycles. The molecular weight excluding hydrogens is 538 g/mol. The van der Waals surface area contributed by atoms with E-state index in [9.17, 15) is 0 Å². The van der Waals surface area contributed by atoms with E-state index < -0.39 is 50.2 Å². The first-order chi connectivity index (χ1) is 6.00. The summed E-state index contributed by atoms with van der Waals surface area (Å²) >= 11 is -18.1. The Morgan fingerprint density at radius 2 is 0.471 bits per heavy atom. The van der Waals surface area contributed by atoms with Gasteiger partial charge < -0.3 is 0 Å². The van der Waals surface area contributed by atoms with E-state index in [1.54, 1.807) is 0 Å². The van der Waals surface area contributed by atoms with E-state index in [0.717, 1.165) is 0 Å². The van der Waals surface area contributed by atoms with Crippen LogP contribution in [0.15, 0.2) is 0 Å². The van der Waals surface area contributed by atoms with Crippen LogP contribution >= 0.6 is 9.90 Å². The molecule has 0 amide bonds. The third-order valence-electron chi connectivity index (χ3n) is 0. The van der Waals surface area contributed by atoms with Gasteiger partial charge in [-0.3, -0.25) is 9.90 Å². The van der Waals surface area contributed by atoms with E-state index in [2.05, 4.69) is 0 Å². The van der Waals surface area contributed by atoms with Crippen LogP contribution < -0.4 is 22.6 Å². The first kappa shape index (κ1) is 31.1. The fourth-order valence-electron chi connectivity index (χ4n) is 0. The normalized spacial score (nSPS) is 10.2. The summed E-state index contributed by atoms with van der Waals surface area (Å²) in [5.41, 5.74) is 0. The molecule has 0 saturated carbocycles. The Morgan fingerprint density at radius 1 is 0.471 bits per heavy atom. The van der Waals surface area contributed by atoms with Gasteiger partial charge >= 0.3 is 111 Å². The van der Waals surface area contributed by atoms with Gasteiger partial charge in [-0.05, 0) is 0 Å². The fourth-order valence-corrected chi connectivity index (χ4v) is 0. The van der Waals surface area contributed by atoms with Crippen LogP contribution in [0.5, 0.6) is 0 Å². The Labute approximate surface area is 119 Å². The van der Waals surface area contributed by atoms with E-state index in [1.807, 2.05) is 0 Å². The molecule has 0 unspecified atom stereocenters. The van der Waals surface area contributed by atoms with Crippen LogP contribution in [0.4, 0.5) is 0 Å². The molecule has 0 rings (SSSR count). The maximum Gasteiger partial charge on any atom is -0.295 e. The van der Waals surface area contributed by atoms with Gasteiger partial charge in [0.15, 0.2) is 0 Å². The first-order valence-corrected chi connectivity index (χ1v) is 11.8. The molecule has 0 aliphatic carbocycles. The molecule has 0 aromatic rings. The second-order valence-corrected chi connectivity index (χ2v) is 7.25. The second kappa shape index (κ2) is 12.6. The van der Waals surface area contributed by atoms with Gasteiger partial charge in [-0.15, -0.1) is 0 Å². The number of hydrogen-bond donors (Lipinski definition) is 0. The molecule has 0 bridgehead atoms. The Kier molecular flexibility index (Phi) is 23.1. The molecule has 0 heterocycles. The van der Waals surface area contributed by atoms with E-state index in [1.165, 1.54) is 0 Å². The molecule has 0 radical (unpaired) electrons. The summed E-state index contributed by atoms with van der Waals surface area (Å²) in [6.07, 6.45) is 0. The zero-order valence-electron chi connectivity index (χ0n) is 6.70. The summed E-state index contributed by atoms with van der Waals surface area (Å²) in [6, 6.07) is 0. The average molecular weight is 544 g/mol. The smallest absolute Gasteiger partial charge is 0.295 e. The van der Waals surface area contributed by atoms with Gasteiger partial charge in [-0.2, -0.15) is 0 Å². The second-order valence-electron chi connectivity index (χ2n) is 1.22. The van der Waals surface area contributed by atoms with Gasteiger partial charge in [0.2, 0.25) is 0 Å². The molecule has 0 spiro atoms. The predicted octanol–water partition coefficient (Wildman–Crippen LogP) is -8.98. The van der Waals surface area contributed by atoms with Gasteiger partial charge in [0.25, 0.3) is 0 Å². The first-order valence-electron chi connectivity index (χ1n) is 2.00. The van der Waals surface area contributed by atoms with Crippen LogP contribution in [0.25, 0.3) is 0 Å². The van der Waals surface area contributed by atoms with E-state index in [0.29, 0.717) is 0 Å². The topological polar surface area (TPSA) is 241 Å². The Bertz CT molecular complexity index is 343. The quantitative estimate of drug-likeness (QED) is 0.204. The summed E-state index contributed by atoms with van der Waals surface area (Å²) in [5.74, 6) is 0. The molecule has 0 aliphatic heterocycles. The van der Waals surface area contributed by atoms with Crippen molar-refractivity contribution in [3.05, 3.63) is 0 Å². The van der Waals surface area contributed by atoms with Crippen molar-refractivity contribution in [2.75, 3.05) is 0 Å². The number of hydrogen-bond acceptors (Lipinski definition) is 12. The Hall–Kier alpha value is 1.59. The van der Waals surface area contributed by atoms with Crippen molar-refractivity contribution in [3.8, 4) is 0 Å². The molecule has 0 aliphatic rings. The maximum absolute atomic E-state index is 8.63. The van der Waals surface area contributed by atoms with Crippen LogP contribution in [-0.2, 0) is 70.6 Å². The molecule has 0 N–H and O–H groups in total. The summed E-state index contributed by atoms with van der Waals surface area (Å²) in [6.45, 7) is 0. The minimum atomic E-state index is -6.02. The van der Waals surface area contributed by atoms with Crippen molar-refractivity contribution in [3.63, 3.8) is 0 Å². The third kappa shape index (κ3) is 1700. The fraction of sp³-hybridized carbons (Fsp3) is 0. The Morgan fingerprint density at radius 3 is 0.471 bits per heavy atom. The third-order valence-corrected chi connectivity index (χ3v) is 0. The summed E-state index contributed by atoms with van der Waals surface area (Å²) < 4.78 is 104. The van der Waals surface area contributed by atoms with Crippen LogP contribution in [-0.4, -0.2) is 17.4 Å². The minimum Gasteiger partial charge on any atom is -0.295 e. The summed E-state index contributed by atoms with van der Waals surface area (Å²) in [4.78, 5) is 0. The molecule has 12 nitrogen and oxygen atoms in total. The molecule has 0 aromatic carbocycles. The van der Waals surface area contributed by atoms with Crippen molar-refractivity contribution < 1.29 is 93.2 Å². The van der Waals surface area contributed by atoms with Crippen molar-refractivity contribution in [1.29, 1.82) is 0 Å². The summed E-state index contributed by atoms with van der Waals surface area (Å²) in [5, 5.41) is 0. The van der Waals surface area contributed by atoms with Gasteiger partial charge in [0.05, 0.1) is 0 Å². The van der Waals surface area contributed by atoms with Crippen LogP contribution in [0, 0.1) is 0 Å². The largest absolute Gasteiger partial charge is 0.295 e. The van der Waals surface area contributed by atoms with Crippen molar-refractivity contribution in [1.82, 2.24) is 0 Å². The van der Waals surface area contributed by atoms with Crippen LogP contribution in [0.2, 0.25) is 0 Å². The molecule has 0 fully saturated rings. The molecular formula is H6AlMo3O12P. The van der Waals surface area contributed by atoms with Crippen LogP contribution in [0.3, 0.4) is 0 Å². The van der Waals surface area contributed by atoms with Crippen molar-refractivity contribution in [2.24, 2.45) is 0 Å². The Balaban J connectivity index is -0.0000000400. The molecule has 17 heteroatoms. The minimum absolute atomic E-state index is 0. The SMILES string of the molecule is [Al+3].[O]=[Mo](=[O])([O-])[O-].[O]=[Mo](=[O])([O-])[O-].[O]=[Mo](=[O])([O-])[O-].[PH6+3]. The molecule has 0 atom stereocenters. The molecule has 104 valence electrons. The van der Waals surface area contributed by atoms with Gasteiger partial charge in [0.1, 0.15) is 0 Å². The maximum atomic E-state index is 8.63. The monoisotopic (exact) mass is 550 g/mol. The van der Waals surface area contributed by atoms with Crippen molar-refractivity contribution in [2.45, 2.75) is 0 Å². The standard InChI is InChI=1S/Al.3Mo.12O.H6P/h;;;;;;;;;;;;;;;;1H6/q+3;;;;;;;;;;6*-1;+3. The van der Waals surface area contributed by atoms with E-state index in [-0.39, 0.29) is 27.3 Å². The van der Waals surface area contributed by atoms with E-state index >= 15 is 0 Å². The van der Waals surface area contributed by atoms with Gasteiger partial charge in [0, 0.05) is 0 Å². The van der Waals surface area contributed by atoms with Crippen molar-refractivity contribution >= 4 is 27.3 Å². The zero-order valence-corrected chi connectivity index (χ0v) is 13.9. The number of rotatable bonds is 0. The van der Waals surface area contributed by atoms with E-state index in [4.69, 9.17) is 42.9 Å². The molecule has 17 heavy (non-hydrogen) atoms.